The van der Waals surface area contributed by atoms with Crippen LogP contribution < -0.4 is 0 Å². The molecule has 1 saturated carbocycles. The fourth-order valence-electron chi connectivity index (χ4n) is 3.29. The van der Waals surface area contributed by atoms with Crippen molar-refractivity contribution in [1.82, 2.24) is 4.90 Å². The van der Waals surface area contributed by atoms with E-state index in [1.807, 2.05) is 6.92 Å². The maximum atomic E-state index is 12.4. The van der Waals surface area contributed by atoms with Gasteiger partial charge in [0.15, 0.2) is 0 Å². The van der Waals surface area contributed by atoms with Crippen LogP contribution in [0.4, 0.5) is 0 Å². The van der Waals surface area contributed by atoms with Crippen LogP contribution in [0.5, 0.6) is 0 Å². The van der Waals surface area contributed by atoms with Crippen molar-refractivity contribution in [3.63, 3.8) is 0 Å². The van der Waals surface area contributed by atoms with Crippen LogP contribution in [0, 0.1) is 17.8 Å². The Bertz CT molecular complexity index is 382. The smallest absolute Gasteiger partial charge is 0.327 e. The molecule has 1 aliphatic carbocycles. The molecule has 2 aliphatic rings. The molecular weight excluding hydrogens is 246 g/mol. The van der Waals surface area contributed by atoms with Crippen LogP contribution in [-0.4, -0.2) is 33.8 Å². The first kappa shape index (κ1) is 14.0. The summed E-state index contributed by atoms with van der Waals surface area (Å²) >= 11 is 0. The SMILES string of the molecule is CCC(C)C(C(=O)O)N1C(=O)C2CCCCC2C1=O. The van der Waals surface area contributed by atoms with Gasteiger partial charge in [0.05, 0.1) is 11.8 Å². The zero-order chi connectivity index (χ0) is 14.2. The van der Waals surface area contributed by atoms with Crippen LogP contribution in [0.25, 0.3) is 0 Å². The van der Waals surface area contributed by atoms with Crippen molar-refractivity contribution in [2.75, 3.05) is 0 Å². The Morgan fingerprint density at radius 2 is 1.74 bits per heavy atom. The Morgan fingerprint density at radius 3 is 2.11 bits per heavy atom. The second-order valence-corrected chi connectivity index (χ2v) is 5.71. The monoisotopic (exact) mass is 267 g/mol. The number of carboxylic acids is 1. The molecule has 1 N–H and O–H groups in total. The van der Waals surface area contributed by atoms with Gasteiger partial charge >= 0.3 is 5.97 Å². The maximum absolute atomic E-state index is 12.4. The van der Waals surface area contributed by atoms with Crippen molar-refractivity contribution in [1.29, 1.82) is 0 Å². The summed E-state index contributed by atoms with van der Waals surface area (Å²) in [7, 11) is 0. The fraction of sp³-hybridized carbons (Fsp3) is 0.786. The molecule has 4 atom stereocenters. The van der Waals surface area contributed by atoms with Gasteiger partial charge in [0.1, 0.15) is 6.04 Å². The minimum absolute atomic E-state index is 0.217. The lowest BCUT2D eigenvalue weighted by molar-refractivity contribution is -0.157. The van der Waals surface area contributed by atoms with Gasteiger partial charge in [0.25, 0.3) is 0 Å². The van der Waals surface area contributed by atoms with E-state index >= 15 is 0 Å². The molecule has 1 aliphatic heterocycles. The number of likely N-dealkylation sites (tertiary alicyclic amines) is 1. The van der Waals surface area contributed by atoms with Gasteiger partial charge in [0, 0.05) is 0 Å². The summed E-state index contributed by atoms with van der Waals surface area (Å²) < 4.78 is 0. The van der Waals surface area contributed by atoms with Gasteiger partial charge in [-0.15, -0.1) is 0 Å². The van der Waals surface area contributed by atoms with Crippen molar-refractivity contribution in [2.24, 2.45) is 17.8 Å². The third kappa shape index (κ3) is 2.26. The first-order chi connectivity index (χ1) is 8.99. The van der Waals surface area contributed by atoms with E-state index < -0.39 is 12.0 Å². The van der Waals surface area contributed by atoms with Crippen LogP contribution in [-0.2, 0) is 14.4 Å². The highest BCUT2D eigenvalue weighted by molar-refractivity contribution is 6.07. The number of nitrogens with zero attached hydrogens (tertiary/aromatic N) is 1. The maximum Gasteiger partial charge on any atom is 0.327 e. The second-order valence-electron chi connectivity index (χ2n) is 5.71. The summed E-state index contributed by atoms with van der Waals surface area (Å²) in [6.45, 7) is 3.65. The molecule has 0 spiro atoms. The van der Waals surface area contributed by atoms with Gasteiger partial charge in [0.2, 0.25) is 11.8 Å². The highest BCUT2D eigenvalue weighted by atomic mass is 16.4. The highest BCUT2D eigenvalue weighted by Crippen LogP contribution is 2.39. The van der Waals surface area contributed by atoms with Crippen LogP contribution in [0.2, 0.25) is 0 Å². The lowest BCUT2D eigenvalue weighted by Crippen LogP contribution is -2.49. The molecule has 1 heterocycles. The van der Waals surface area contributed by atoms with Gasteiger partial charge < -0.3 is 5.11 Å². The summed E-state index contributed by atoms with van der Waals surface area (Å²) in [5, 5.41) is 9.36. The molecule has 0 radical (unpaired) electrons. The number of carbonyl (C=O) groups is 3. The summed E-state index contributed by atoms with van der Waals surface area (Å²) in [6.07, 6.45) is 3.98. The molecule has 0 aromatic rings. The lowest BCUT2D eigenvalue weighted by atomic mass is 9.81. The molecule has 0 bridgehead atoms. The zero-order valence-electron chi connectivity index (χ0n) is 11.5. The lowest BCUT2D eigenvalue weighted by Gasteiger charge is -2.27. The molecule has 19 heavy (non-hydrogen) atoms. The van der Waals surface area contributed by atoms with Crippen LogP contribution >= 0.6 is 0 Å². The van der Waals surface area contributed by atoms with Gasteiger partial charge in [-0.3, -0.25) is 14.5 Å². The molecule has 2 rings (SSSR count). The fourth-order valence-corrected chi connectivity index (χ4v) is 3.29. The summed E-state index contributed by atoms with van der Waals surface area (Å²) in [6, 6.07) is -1.00. The van der Waals surface area contributed by atoms with E-state index in [-0.39, 0.29) is 29.6 Å². The van der Waals surface area contributed by atoms with Crippen molar-refractivity contribution in [2.45, 2.75) is 52.0 Å². The van der Waals surface area contributed by atoms with Crippen LogP contribution in [0.15, 0.2) is 0 Å². The second kappa shape index (κ2) is 5.31. The molecule has 2 fully saturated rings. The predicted molar refractivity (Wildman–Crippen MR) is 68.2 cm³/mol. The number of carbonyl (C=O) groups excluding carboxylic acids is 2. The standard InChI is InChI=1S/C14H21NO4/c1-3-8(2)11(14(18)19)15-12(16)9-6-4-5-7-10(9)13(15)17/h8-11H,3-7H2,1-2H3,(H,18,19). The van der Waals surface area contributed by atoms with Crippen molar-refractivity contribution >= 4 is 17.8 Å². The summed E-state index contributed by atoms with van der Waals surface area (Å²) in [5.41, 5.74) is 0. The number of hydrogen-bond donors (Lipinski definition) is 1. The van der Waals surface area contributed by atoms with Crippen molar-refractivity contribution in [3.8, 4) is 0 Å². The normalized spacial score (nSPS) is 30.1. The van der Waals surface area contributed by atoms with E-state index in [0.29, 0.717) is 6.42 Å². The molecular formula is C14H21NO4. The molecule has 0 aromatic heterocycles. The molecule has 2 amide bonds. The average Bonchev–Trinajstić information content (AvgIpc) is 2.64. The van der Waals surface area contributed by atoms with Crippen LogP contribution in [0.3, 0.4) is 0 Å². The van der Waals surface area contributed by atoms with Crippen LogP contribution in [0.1, 0.15) is 46.0 Å². The topological polar surface area (TPSA) is 74.7 Å². The number of aliphatic carboxylic acids is 1. The van der Waals surface area contributed by atoms with Gasteiger partial charge in [-0.2, -0.15) is 0 Å². The van der Waals surface area contributed by atoms with E-state index in [2.05, 4.69) is 0 Å². The largest absolute Gasteiger partial charge is 0.480 e. The molecule has 5 heteroatoms. The first-order valence-corrected chi connectivity index (χ1v) is 7.08. The highest BCUT2D eigenvalue weighted by Gasteiger charge is 2.52. The third-order valence-electron chi connectivity index (χ3n) is 4.59. The number of hydrogen-bond acceptors (Lipinski definition) is 3. The van der Waals surface area contributed by atoms with Gasteiger partial charge in [-0.1, -0.05) is 33.1 Å². The molecule has 106 valence electrons. The predicted octanol–water partition coefficient (Wildman–Crippen LogP) is 1.66. The number of rotatable bonds is 4. The number of amides is 2. The quantitative estimate of drug-likeness (QED) is 0.786. The Hall–Kier alpha value is -1.39. The first-order valence-electron chi connectivity index (χ1n) is 7.08. The Labute approximate surface area is 113 Å². The van der Waals surface area contributed by atoms with Gasteiger partial charge in [-0.25, -0.2) is 4.79 Å². The minimum Gasteiger partial charge on any atom is -0.480 e. The third-order valence-corrected chi connectivity index (χ3v) is 4.59. The number of imide groups is 1. The summed E-state index contributed by atoms with van der Waals surface area (Å²) in [5.74, 6) is -2.36. The average molecular weight is 267 g/mol. The van der Waals surface area contributed by atoms with Crippen molar-refractivity contribution < 1.29 is 19.5 Å². The van der Waals surface area contributed by atoms with Crippen molar-refractivity contribution in [3.05, 3.63) is 0 Å². The summed E-state index contributed by atoms with van der Waals surface area (Å²) in [4.78, 5) is 37.2. The number of carboxylic acid groups (broad SMARTS) is 1. The van der Waals surface area contributed by atoms with E-state index in [0.717, 1.165) is 30.6 Å². The molecule has 0 aromatic carbocycles. The molecule has 1 saturated heterocycles. The Balaban J connectivity index is 2.29. The number of fused-ring (bicyclic) bond motifs is 1. The zero-order valence-corrected chi connectivity index (χ0v) is 11.5. The van der Waals surface area contributed by atoms with Gasteiger partial charge in [-0.05, 0) is 18.8 Å². The molecule has 5 nitrogen and oxygen atoms in total. The Kier molecular flexibility index (Phi) is 3.92. The minimum atomic E-state index is -1.07. The Morgan fingerprint density at radius 1 is 1.26 bits per heavy atom. The van der Waals surface area contributed by atoms with E-state index in [1.54, 1.807) is 6.92 Å². The van der Waals surface area contributed by atoms with E-state index in [9.17, 15) is 19.5 Å². The van der Waals surface area contributed by atoms with E-state index in [1.165, 1.54) is 0 Å². The van der Waals surface area contributed by atoms with E-state index in [4.69, 9.17) is 0 Å². The molecule has 4 unspecified atom stereocenters.